The highest BCUT2D eigenvalue weighted by atomic mass is 19.1. The molecule has 0 saturated carbocycles. The zero-order chi connectivity index (χ0) is 24.8. The van der Waals surface area contributed by atoms with Crippen molar-refractivity contribution in [2.45, 2.75) is 0 Å². The van der Waals surface area contributed by atoms with Crippen molar-refractivity contribution in [2.24, 2.45) is 7.05 Å². The molecule has 1 amide bonds. The molecule has 0 aliphatic carbocycles. The van der Waals surface area contributed by atoms with Crippen molar-refractivity contribution >= 4 is 28.9 Å². The Morgan fingerprint density at radius 1 is 1.24 bits per heavy atom. The van der Waals surface area contributed by atoms with Gasteiger partial charge >= 0.3 is 0 Å². The first-order chi connectivity index (χ1) is 16.2. The highest BCUT2D eigenvalue weighted by Crippen LogP contribution is 2.38. The standard InChI is InChI=1S/C23H29FN8O2/c1-7-21(33)27-17-10-18(20(34-6)11-19(17)31(4)9-8-30(2)3)28-23-25-13-16(24)22(29-23)15-12-26-32(5)14-15/h7,10-14H,1,8-9H2,2-6H3,(H,27,33)(H,25,28,29). The number of halogens is 1. The van der Waals surface area contributed by atoms with Gasteiger partial charge in [0.25, 0.3) is 0 Å². The van der Waals surface area contributed by atoms with Gasteiger partial charge in [-0.25, -0.2) is 14.4 Å². The van der Waals surface area contributed by atoms with Crippen molar-refractivity contribution in [3.05, 3.63) is 49.2 Å². The normalized spacial score (nSPS) is 10.8. The summed E-state index contributed by atoms with van der Waals surface area (Å²) in [5, 5.41) is 9.97. The molecule has 10 nitrogen and oxygen atoms in total. The average molecular weight is 469 g/mol. The second kappa shape index (κ2) is 10.8. The quantitative estimate of drug-likeness (QED) is 0.438. The predicted molar refractivity (Wildman–Crippen MR) is 131 cm³/mol. The van der Waals surface area contributed by atoms with Gasteiger partial charge in [-0.15, -0.1) is 0 Å². The first-order valence-electron chi connectivity index (χ1n) is 10.5. The third-order valence-electron chi connectivity index (χ3n) is 5.02. The van der Waals surface area contributed by atoms with Crippen LogP contribution in [0.3, 0.4) is 0 Å². The van der Waals surface area contributed by atoms with E-state index in [4.69, 9.17) is 4.74 Å². The Morgan fingerprint density at radius 3 is 2.62 bits per heavy atom. The molecule has 3 aromatic rings. The molecule has 2 aromatic heterocycles. The third-order valence-corrected chi connectivity index (χ3v) is 5.02. The fourth-order valence-corrected chi connectivity index (χ4v) is 3.20. The lowest BCUT2D eigenvalue weighted by Crippen LogP contribution is -2.29. The number of hydrogen-bond acceptors (Lipinski definition) is 8. The van der Waals surface area contributed by atoms with Crippen LogP contribution in [0.1, 0.15) is 0 Å². The van der Waals surface area contributed by atoms with Crippen LogP contribution in [-0.4, -0.2) is 71.9 Å². The minimum Gasteiger partial charge on any atom is -0.494 e. The smallest absolute Gasteiger partial charge is 0.247 e. The molecular weight excluding hydrogens is 439 g/mol. The van der Waals surface area contributed by atoms with Crippen molar-refractivity contribution < 1.29 is 13.9 Å². The molecule has 0 saturated heterocycles. The van der Waals surface area contributed by atoms with E-state index in [-0.39, 0.29) is 17.5 Å². The number of benzene rings is 1. The van der Waals surface area contributed by atoms with Gasteiger partial charge in [-0.2, -0.15) is 5.10 Å². The summed E-state index contributed by atoms with van der Waals surface area (Å²) in [4.78, 5) is 24.6. The summed E-state index contributed by atoms with van der Waals surface area (Å²) in [5.41, 5.74) is 2.44. The molecule has 1 aromatic carbocycles. The molecular formula is C23H29FN8O2. The van der Waals surface area contributed by atoms with Crippen molar-refractivity contribution in [1.29, 1.82) is 0 Å². The minimum atomic E-state index is -0.567. The van der Waals surface area contributed by atoms with Gasteiger partial charge in [0.05, 0.1) is 36.6 Å². The minimum absolute atomic E-state index is 0.116. The number of anilines is 4. The number of amides is 1. The van der Waals surface area contributed by atoms with E-state index in [1.807, 2.05) is 32.1 Å². The fraction of sp³-hybridized carbons (Fsp3) is 0.304. The molecule has 0 fully saturated rings. The monoisotopic (exact) mass is 468 g/mol. The number of aryl methyl sites for hydroxylation is 1. The summed E-state index contributed by atoms with van der Waals surface area (Å²) < 4.78 is 21.5. The Balaban J connectivity index is 2.00. The summed E-state index contributed by atoms with van der Waals surface area (Å²) in [7, 11) is 9.19. The lowest BCUT2D eigenvalue weighted by molar-refractivity contribution is -0.111. The Morgan fingerprint density at radius 2 is 2.00 bits per heavy atom. The van der Waals surface area contributed by atoms with Gasteiger partial charge in [-0.1, -0.05) is 6.58 Å². The van der Waals surface area contributed by atoms with E-state index in [1.54, 1.807) is 31.1 Å². The first kappa shape index (κ1) is 24.6. The van der Waals surface area contributed by atoms with Gasteiger partial charge in [0, 0.05) is 45.0 Å². The second-order valence-electron chi connectivity index (χ2n) is 7.91. The fourth-order valence-electron chi connectivity index (χ4n) is 3.20. The number of methoxy groups -OCH3 is 1. The molecule has 0 radical (unpaired) electrons. The summed E-state index contributed by atoms with van der Waals surface area (Å²) in [6, 6.07) is 3.53. The zero-order valence-corrected chi connectivity index (χ0v) is 20.0. The van der Waals surface area contributed by atoms with E-state index < -0.39 is 5.82 Å². The molecule has 11 heteroatoms. The predicted octanol–water partition coefficient (Wildman–Crippen LogP) is 2.89. The van der Waals surface area contributed by atoms with Crippen molar-refractivity contribution in [2.75, 3.05) is 56.9 Å². The Labute approximate surface area is 198 Å². The number of nitrogens with one attached hydrogen (secondary N) is 2. The summed E-state index contributed by atoms with van der Waals surface area (Å²) >= 11 is 0. The first-order valence-corrected chi connectivity index (χ1v) is 10.5. The zero-order valence-electron chi connectivity index (χ0n) is 20.0. The van der Waals surface area contributed by atoms with Gasteiger partial charge < -0.3 is 25.2 Å². The van der Waals surface area contributed by atoms with Crippen LogP contribution in [0, 0.1) is 5.82 Å². The molecule has 3 rings (SSSR count). The third kappa shape index (κ3) is 5.87. The summed E-state index contributed by atoms with van der Waals surface area (Å²) in [5.74, 6) is -0.259. The lowest BCUT2D eigenvalue weighted by atomic mass is 10.2. The maximum absolute atomic E-state index is 14.4. The van der Waals surface area contributed by atoms with E-state index in [0.29, 0.717) is 22.7 Å². The number of likely N-dealkylation sites (N-methyl/N-ethyl adjacent to an activating group) is 2. The van der Waals surface area contributed by atoms with Crippen LogP contribution in [0.5, 0.6) is 5.75 Å². The number of carbonyl (C=O) groups is 1. The van der Waals surface area contributed by atoms with E-state index >= 15 is 0 Å². The van der Waals surface area contributed by atoms with Gasteiger partial charge in [-0.05, 0) is 26.2 Å². The van der Waals surface area contributed by atoms with Crippen LogP contribution < -0.4 is 20.3 Å². The van der Waals surface area contributed by atoms with Gasteiger partial charge in [0.1, 0.15) is 11.4 Å². The topological polar surface area (TPSA) is 100 Å². The van der Waals surface area contributed by atoms with E-state index in [2.05, 4.69) is 37.2 Å². The Bertz CT molecular complexity index is 1180. The molecule has 0 atom stereocenters. The summed E-state index contributed by atoms with van der Waals surface area (Å²) in [6.07, 6.45) is 5.48. The van der Waals surface area contributed by atoms with Crippen LogP contribution in [0.2, 0.25) is 0 Å². The van der Waals surface area contributed by atoms with E-state index in [1.165, 1.54) is 12.3 Å². The molecule has 0 aliphatic heterocycles. The highest BCUT2D eigenvalue weighted by Gasteiger charge is 2.17. The highest BCUT2D eigenvalue weighted by molar-refractivity contribution is 6.02. The van der Waals surface area contributed by atoms with Gasteiger partial charge in [-0.3, -0.25) is 9.48 Å². The SMILES string of the molecule is C=CC(=O)Nc1cc(Nc2ncc(F)c(-c3cnn(C)c3)n2)c(OC)cc1N(C)CCN(C)C. The molecule has 2 heterocycles. The van der Waals surface area contributed by atoms with Crippen molar-refractivity contribution in [3.8, 4) is 17.0 Å². The molecule has 0 unspecified atom stereocenters. The number of nitrogens with zero attached hydrogens (tertiary/aromatic N) is 6. The van der Waals surface area contributed by atoms with Crippen LogP contribution in [0.25, 0.3) is 11.3 Å². The Hall–Kier alpha value is -3.99. The van der Waals surface area contributed by atoms with Crippen LogP contribution in [0.4, 0.5) is 27.4 Å². The largest absolute Gasteiger partial charge is 0.494 e. The molecule has 0 bridgehead atoms. The number of ether oxygens (including phenoxy) is 1. The molecule has 34 heavy (non-hydrogen) atoms. The molecule has 180 valence electrons. The summed E-state index contributed by atoms with van der Waals surface area (Å²) in [6.45, 7) is 5.06. The number of rotatable bonds is 10. The van der Waals surface area contributed by atoms with Gasteiger partial charge in [0.2, 0.25) is 11.9 Å². The van der Waals surface area contributed by atoms with E-state index in [9.17, 15) is 9.18 Å². The maximum atomic E-state index is 14.4. The van der Waals surface area contributed by atoms with Crippen molar-refractivity contribution in [1.82, 2.24) is 24.6 Å². The number of aromatic nitrogens is 4. The molecule has 0 aliphatic rings. The number of carbonyl (C=O) groups excluding carboxylic acids is 1. The number of hydrogen-bond donors (Lipinski definition) is 2. The van der Waals surface area contributed by atoms with Crippen LogP contribution in [0.15, 0.2) is 43.4 Å². The molecule has 2 N–H and O–H groups in total. The van der Waals surface area contributed by atoms with Gasteiger partial charge in [0.15, 0.2) is 5.82 Å². The Kier molecular flexibility index (Phi) is 7.79. The maximum Gasteiger partial charge on any atom is 0.247 e. The lowest BCUT2D eigenvalue weighted by Gasteiger charge is -2.26. The van der Waals surface area contributed by atoms with Crippen LogP contribution in [-0.2, 0) is 11.8 Å². The van der Waals surface area contributed by atoms with Crippen molar-refractivity contribution in [3.63, 3.8) is 0 Å². The van der Waals surface area contributed by atoms with E-state index in [0.717, 1.165) is 25.0 Å². The molecule has 0 spiro atoms. The second-order valence-corrected chi connectivity index (χ2v) is 7.91. The average Bonchev–Trinajstić information content (AvgIpc) is 3.24. The van der Waals surface area contributed by atoms with Crippen LogP contribution >= 0.6 is 0 Å².